The fourth-order valence-electron chi connectivity index (χ4n) is 13.6. The highest BCUT2D eigenvalue weighted by atomic mass is 15.0. The Labute approximate surface area is 424 Å². The van der Waals surface area contributed by atoms with E-state index < -0.39 is 0 Å². The van der Waals surface area contributed by atoms with Crippen LogP contribution in [0.2, 0.25) is 0 Å². The molecule has 0 saturated heterocycles. The van der Waals surface area contributed by atoms with Gasteiger partial charge in [0, 0.05) is 32.9 Å². The van der Waals surface area contributed by atoms with E-state index in [1.807, 2.05) is 0 Å². The van der Waals surface area contributed by atoms with Crippen molar-refractivity contribution in [2.24, 2.45) is 0 Å². The highest BCUT2D eigenvalue weighted by Crippen LogP contribution is 2.48. The maximum atomic E-state index is 2.49. The van der Waals surface area contributed by atoms with E-state index in [9.17, 15) is 0 Å². The molecule has 0 atom stereocenters. The summed E-state index contributed by atoms with van der Waals surface area (Å²) < 4.78 is 4.92. The first-order valence-corrected chi connectivity index (χ1v) is 25.8. The molecule has 0 N–H and O–H groups in total. The molecule has 340 valence electrons. The molecule has 0 spiro atoms. The fourth-order valence-corrected chi connectivity index (χ4v) is 13.6. The van der Waals surface area contributed by atoms with Crippen molar-refractivity contribution >= 4 is 151 Å². The van der Waals surface area contributed by atoms with Crippen LogP contribution < -0.4 is 0 Å². The molecule has 2 heterocycles. The Bertz CT molecular complexity index is 5320. The smallest absolute Gasteiger partial charge is 0.0542 e. The average Bonchev–Trinajstić information content (AvgIpc) is 4.03. The maximum absolute atomic E-state index is 2.49. The van der Waals surface area contributed by atoms with Gasteiger partial charge in [0.15, 0.2) is 0 Å². The number of hydrogen-bond donors (Lipinski definition) is 0. The van der Waals surface area contributed by atoms with Gasteiger partial charge in [0.05, 0.1) is 22.1 Å². The minimum Gasteiger partial charge on any atom is -0.309 e. The first kappa shape index (κ1) is 39.9. The van der Waals surface area contributed by atoms with Gasteiger partial charge in [-0.05, 0) is 156 Å². The Morgan fingerprint density at radius 3 is 0.757 bits per heavy atom. The third-order valence-electron chi connectivity index (χ3n) is 16.6. The van der Waals surface area contributed by atoms with E-state index in [2.05, 4.69) is 264 Å². The third-order valence-corrected chi connectivity index (χ3v) is 16.6. The van der Waals surface area contributed by atoms with Gasteiger partial charge in [-0.15, -0.1) is 0 Å². The van der Waals surface area contributed by atoms with Crippen LogP contribution in [0.3, 0.4) is 0 Å². The zero-order valence-electron chi connectivity index (χ0n) is 40.1. The predicted molar refractivity (Wildman–Crippen MR) is 319 cm³/mol. The Balaban J connectivity index is 1.05. The predicted octanol–water partition coefficient (Wildman–Crippen LogP) is 20.0. The quantitative estimate of drug-likeness (QED) is 0.163. The summed E-state index contributed by atoms with van der Waals surface area (Å²) in [6.45, 7) is 0. The highest BCUT2D eigenvalue weighted by molar-refractivity contribution is 6.42. The lowest BCUT2D eigenvalue weighted by Crippen LogP contribution is -1.96. The van der Waals surface area contributed by atoms with Gasteiger partial charge in [-0.2, -0.15) is 0 Å². The van der Waals surface area contributed by atoms with Gasteiger partial charge >= 0.3 is 0 Å². The van der Waals surface area contributed by atoms with Gasteiger partial charge in [0.1, 0.15) is 0 Å². The zero-order valence-corrected chi connectivity index (χ0v) is 40.1. The number of nitrogens with zero attached hydrogens (tertiary/aromatic N) is 2. The lowest BCUT2D eigenvalue weighted by Gasteiger charge is -2.18. The van der Waals surface area contributed by atoms with Crippen molar-refractivity contribution in [3.63, 3.8) is 0 Å². The molecule has 0 aliphatic carbocycles. The topological polar surface area (TPSA) is 9.86 Å². The second-order valence-corrected chi connectivity index (χ2v) is 20.2. The molecule has 0 unspecified atom stereocenters. The molecular weight excluding hydrogens is 893 g/mol. The van der Waals surface area contributed by atoms with Crippen LogP contribution in [-0.2, 0) is 0 Å². The van der Waals surface area contributed by atoms with Crippen molar-refractivity contribution in [3.8, 4) is 11.4 Å². The van der Waals surface area contributed by atoms with Crippen molar-refractivity contribution < 1.29 is 0 Å². The number of rotatable bonds is 2. The SMILES string of the molecule is c1ccc2c(c1)c1ccccc1c1cccc3c4cccc5c6cc(-n7c8ccccc8c8cc(-n9c%10ccccc%10c%10ccccc%109)ccc87)ccc6c6ccccc6c6cccc(c7cccc2c7c13)c6c54. The minimum atomic E-state index is 1.13. The molecule has 17 rings (SSSR count). The van der Waals surface area contributed by atoms with Gasteiger partial charge in [-0.1, -0.05) is 206 Å². The first-order chi connectivity index (χ1) is 36.8. The number of hydrogen-bond acceptors (Lipinski definition) is 0. The van der Waals surface area contributed by atoms with E-state index in [4.69, 9.17) is 0 Å². The average molecular weight is 935 g/mol. The van der Waals surface area contributed by atoms with Crippen LogP contribution in [0.4, 0.5) is 0 Å². The Hall–Kier alpha value is -9.76. The molecule has 2 heteroatoms. The normalized spacial score (nSPS) is 12.3. The summed E-state index contributed by atoms with van der Waals surface area (Å²) in [6.07, 6.45) is 0. The molecular formula is C72H42N2. The van der Waals surface area contributed by atoms with Gasteiger partial charge in [-0.3, -0.25) is 0 Å². The van der Waals surface area contributed by atoms with Gasteiger partial charge in [0.25, 0.3) is 0 Å². The largest absolute Gasteiger partial charge is 0.309 e. The van der Waals surface area contributed by atoms with Crippen LogP contribution in [0.15, 0.2) is 255 Å². The summed E-state index contributed by atoms with van der Waals surface area (Å²) >= 11 is 0. The monoisotopic (exact) mass is 934 g/mol. The molecule has 0 saturated carbocycles. The molecule has 0 bridgehead atoms. The van der Waals surface area contributed by atoms with E-state index in [0.717, 1.165) is 11.4 Å². The summed E-state index contributed by atoms with van der Waals surface area (Å²) in [7, 11) is 0. The lowest BCUT2D eigenvalue weighted by atomic mass is 9.85. The summed E-state index contributed by atoms with van der Waals surface area (Å²) in [5, 5.41) is 30.0. The summed E-state index contributed by atoms with van der Waals surface area (Å²) in [5.74, 6) is 0. The Kier molecular flexibility index (Phi) is 8.03. The van der Waals surface area contributed by atoms with Crippen molar-refractivity contribution in [3.05, 3.63) is 255 Å². The van der Waals surface area contributed by atoms with E-state index in [1.165, 1.54) is 151 Å². The molecule has 0 aliphatic heterocycles. The summed E-state index contributed by atoms with van der Waals surface area (Å²) in [4.78, 5) is 0. The molecule has 17 aromatic rings. The van der Waals surface area contributed by atoms with Gasteiger partial charge < -0.3 is 9.13 Å². The van der Waals surface area contributed by atoms with E-state index >= 15 is 0 Å². The van der Waals surface area contributed by atoms with Crippen molar-refractivity contribution in [2.45, 2.75) is 0 Å². The second kappa shape index (κ2) is 14.9. The van der Waals surface area contributed by atoms with Gasteiger partial charge in [0.2, 0.25) is 0 Å². The Morgan fingerprint density at radius 2 is 0.378 bits per heavy atom. The van der Waals surface area contributed by atoms with Gasteiger partial charge in [-0.25, -0.2) is 0 Å². The van der Waals surface area contributed by atoms with E-state index in [-0.39, 0.29) is 0 Å². The van der Waals surface area contributed by atoms with Crippen molar-refractivity contribution in [2.75, 3.05) is 0 Å². The van der Waals surface area contributed by atoms with Crippen molar-refractivity contribution in [1.82, 2.24) is 9.13 Å². The molecule has 0 radical (unpaired) electrons. The van der Waals surface area contributed by atoms with Crippen LogP contribution in [0.5, 0.6) is 0 Å². The number of benzene rings is 12. The van der Waals surface area contributed by atoms with Crippen LogP contribution in [-0.4, -0.2) is 9.13 Å². The maximum Gasteiger partial charge on any atom is 0.0542 e. The van der Waals surface area contributed by atoms with Crippen LogP contribution in [0, 0.1) is 0 Å². The van der Waals surface area contributed by atoms with Crippen LogP contribution in [0.1, 0.15) is 0 Å². The molecule has 0 fully saturated rings. The van der Waals surface area contributed by atoms with Crippen LogP contribution >= 0.6 is 0 Å². The highest BCUT2D eigenvalue weighted by Gasteiger charge is 2.21. The molecule has 15 aromatic carbocycles. The minimum absolute atomic E-state index is 1.13. The lowest BCUT2D eigenvalue weighted by molar-refractivity contribution is 1.17. The Morgan fingerprint density at radius 1 is 0.149 bits per heavy atom. The number of aromatic nitrogens is 2. The number of para-hydroxylation sites is 3. The van der Waals surface area contributed by atoms with E-state index in [0.29, 0.717) is 0 Å². The fraction of sp³-hybridized carbons (Fsp3) is 0. The summed E-state index contributed by atoms with van der Waals surface area (Å²) in [6, 6.07) is 96.0. The number of fused-ring (bicyclic) bond motifs is 18. The standard InChI is InChI=1S/C72H42N2/c1-4-20-48-45(17-1)46-18-2-5-21-49(46)56-27-14-31-60-61-32-16-33-62-63-41-43(37-39-51(63)47-19-3-6-22-50(47)57-28-15-30-59(71(57)72(61)62)58-29-13-26-55(48)69(58)70(56)60)74-67-36-12-9-25-54(67)64-42-44(38-40-68(64)74)73-65-34-10-7-23-52(65)53-24-8-11-35-66(53)73/h1-42H. The second-order valence-electron chi connectivity index (χ2n) is 20.2. The molecule has 2 nitrogen and oxygen atoms in total. The zero-order chi connectivity index (χ0) is 48.2. The molecule has 0 amide bonds. The summed E-state index contributed by atoms with van der Waals surface area (Å²) in [5.41, 5.74) is 7.06. The third kappa shape index (κ3) is 5.28. The molecule has 74 heavy (non-hydrogen) atoms. The van der Waals surface area contributed by atoms with Crippen LogP contribution in [0.25, 0.3) is 163 Å². The van der Waals surface area contributed by atoms with E-state index in [1.54, 1.807) is 0 Å². The first-order valence-electron chi connectivity index (χ1n) is 25.8. The molecule has 2 aromatic heterocycles. The molecule has 0 aliphatic rings. The van der Waals surface area contributed by atoms with Crippen molar-refractivity contribution in [1.29, 1.82) is 0 Å².